The number of carboxylic acid groups (broad SMARTS) is 1. The van der Waals surface area contributed by atoms with Crippen LogP contribution in [0.25, 0.3) is 11.4 Å². The Morgan fingerprint density at radius 3 is 2.62 bits per heavy atom. The molecule has 0 aliphatic heterocycles. The quantitative estimate of drug-likeness (QED) is 0.913. The summed E-state index contributed by atoms with van der Waals surface area (Å²) < 4.78 is 0. The van der Waals surface area contributed by atoms with E-state index in [2.05, 4.69) is 16.9 Å². The van der Waals surface area contributed by atoms with Crippen LogP contribution in [0.4, 0.5) is 0 Å². The third-order valence-corrected chi connectivity index (χ3v) is 3.40. The molecular weight excluding hydrogens is 264 g/mol. The van der Waals surface area contributed by atoms with Gasteiger partial charge in [0, 0.05) is 11.9 Å². The summed E-state index contributed by atoms with van der Waals surface area (Å²) in [5.74, 6) is -0.661. The van der Waals surface area contributed by atoms with E-state index in [1.807, 2.05) is 38.1 Å². The van der Waals surface area contributed by atoms with Gasteiger partial charge in [0.1, 0.15) is 0 Å². The number of nitrogens with zero attached hydrogens (tertiary/aromatic N) is 2. The molecule has 0 radical (unpaired) electrons. The van der Waals surface area contributed by atoms with E-state index in [1.54, 1.807) is 6.20 Å². The lowest BCUT2D eigenvalue weighted by molar-refractivity contribution is -0.136. The number of carbonyl (C=O) groups is 1. The molecule has 2 aromatic heterocycles. The van der Waals surface area contributed by atoms with Crippen LogP contribution < -0.4 is 0 Å². The molecule has 0 atom stereocenters. The molecule has 2 heterocycles. The Bertz CT molecular complexity index is 651. The molecule has 0 aromatic carbocycles. The Kier molecular flexibility index (Phi) is 4.68. The number of aryl methyl sites for hydroxylation is 1. The molecule has 0 saturated heterocycles. The van der Waals surface area contributed by atoms with Gasteiger partial charge in [0.2, 0.25) is 0 Å². The van der Waals surface area contributed by atoms with Crippen LogP contribution in [0, 0.1) is 0 Å². The Morgan fingerprint density at radius 1 is 1.24 bits per heavy atom. The maximum absolute atomic E-state index is 10.9. The third-order valence-electron chi connectivity index (χ3n) is 3.40. The molecule has 4 nitrogen and oxygen atoms in total. The highest BCUT2D eigenvalue weighted by atomic mass is 16.4. The van der Waals surface area contributed by atoms with Gasteiger partial charge in [-0.15, -0.1) is 0 Å². The second-order valence-corrected chi connectivity index (χ2v) is 5.37. The zero-order chi connectivity index (χ0) is 15.4. The largest absolute Gasteiger partial charge is 0.481 e. The van der Waals surface area contributed by atoms with Gasteiger partial charge in [-0.1, -0.05) is 26.8 Å². The lowest BCUT2D eigenvalue weighted by Crippen LogP contribution is -2.07. The van der Waals surface area contributed by atoms with Gasteiger partial charge in [-0.25, -0.2) is 0 Å². The molecule has 2 aromatic rings. The van der Waals surface area contributed by atoms with Crippen LogP contribution in [0.1, 0.15) is 43.5 Å². The van der Waals surface area contributed by atoms with Gasteiger partial charge < -0.3 is 5.11 Å². The smallest absolute Gasteiger partial charge is 0.307 e. The van der Waals surface area contributed by atoms with E-state index >= 15 is 0 Å². The average molecular weight is 284 g/mol. The summed E-state index contributed by atoms with van der Waals surface area (Å²) in [5, 5.41) is 8.99. The molecule has 110 valence electrons. The van der Waals surface area contributed by atoms with Crippen molar-refractivity contribution in [1.82, 2.24) is 9.97 Å². The first kappa shape index (κ1) is 15.2. The van der Waals surface area contributed by atoms with Crippen molar-refractivity contribution < 1.29 is 9.90 Å². The summed E-state index contributed by atoms with van der Waals surface area (Å²) in [6, 6.07) is 7.73. The summed E-state index contributed by atoms with van der Waals surface area (Å²) in [4.78, 5) is 20.0. The highest BCUT2D eigenvalue weighted by Gasteiger charge is 2.13. The van der Waals surface area contributed by atoms with Crippen molar-refractivity contribution >= 4 is 5.97 Å². The molecule has 0 unspecified atom stereocenters. The zero-order valence-corrected chi connectivity index (χ0v) is 12.6. The minimum Gasteiger partial charge on any atom is -0.481 e. The standard InChI is InChI=1S/C17H20N2O2/c1-4-12-7-8-18-15(9-12)14-6-5-13(10-16(20)21)17(19-14)11(2)3/h5-9,11H,4,10H2,1-3H3,(H,20,21). The van der Waals surface area contributed by atoms with Crippen LogP contribution >= 0.6 is 0 Å². The van der Waals surface area contributed by atoms with E-state index < -0.39 is 5.97 Å². The van der Waals surface area contributed by atoms with Crippen LogP contribution in [0.5, 0.6) is 0 Å². The van der Waals surface area contributed by atoms with Crippen molar-refractivity contribution in [2.75, 3.05) is 0 Å². The number of rotatable bonds is 5. The van der Waals surface area contributed by atoms with Crippen LogP contribution in [-0.2, 0) is 17.6 Å². The summed E-state index contributed by atoms with van der Waals surface area (Å²) in [7, 11) is 0. The van der Waals surface area contributed by atoms with Gasteiger partial charge >= 0.3 is 5.97 Å². The minimum absolute atomic E-state index is 0.00320. The first-order valence-electron chi connectivity index (χ1n) is 7.18. The van der Waals surface area contributed by atoms with Crippen LogP contribution in [-0.4, -0.2) is 21.0 Å². The maximum Gasteiger partial charge on any atom is 0.307 e. The molecule has 2 rings (SSSR count). The van der Waals surface area contributed by atoms with Gasteiger partial charge in [0.05, 0.1) is 17.8 Å². The normalized spacial score (nSPS) is 10.9. The lowest BCUT2D eigenvalue weighted by atomic mass is 10.00. The first-order valence-corrected chi connectivity index (χ1v) is 7.18. The summed E-state index contributed by atoms with van der Waals surface area (Å²) >= 11 is 0. The van der Waals surface area contributed by atoms with Crippen molar-refractivity contribution in [3.05, 3.63) is 47.3 Å². The van der Waals surface area contributed by atoms with Crippen molar-refractivity contribution in [1.29, 1.82) is 0 Å². The highest BCUT2D eigenvalue weighted by molar-refractivity contribution is 5.71. The minimum atomic E-state index is -0.836. The Labute approximate surface area is 124 Å². The number of pyridine rings is 2. The van der Waals surface area contributed by atoms with E-state index in [0.717, 1.165) is 29.1 Å². The van der Waals surface area contributed by atoms with Crippen molar-refractivity contribution in [3.8, 4) is 11.4 Å². The van der Waals surface area contributed by atoms with Gasteiger partial charge in [-0.2, -0.15) is 0 Å². The fourth-order valence-corrected chi connectivity index (χ4v) is 2.29. The SMILES string of the molecule is CCc1ccnc(-c2ccc(CC(=O)O)c(C(C)C)n2)c1. The molecule has 21 heavy (non-hydrogen) atoms. The van der Waals surface area contributed by atoms with E-state index in [-0.39, 0.29) is 12.3 Å². The maximum atomic E-state index is 10.9. The van der Waals surface area contributed by atoms with Crippen molar-refractivity contribution in [3.63, 3.8) is 0 Å². The Balaban J connectivity index is 2.45. The molecule has 0 bridgehead atoms. The second kappa shape index (κ2) is 6.48. The zero-order valence-electron chi connectivity index (χ0n) is 12.6. The Morgan fingerprint density at radius 2 is 2.00 bits per heavy atom. The molecule has 0 spiro atoms. The van der Waals surface area contributed by atoms with Crippen LogP contribution in [0.3, 0.4) is 0 Å². The molecule has 0 fully saturated rings. The van der Waals surface area contributed by atoms with Gasteiger partial charge in [0.25, 0.3) is 0 Å². The van der Waals surface area contributed by atoms with Crippen molar-refractivity contribution in [2.24, 2.45) is 0 Å². The predicted molar refractivity (Wildman–Crippen MR) is 82.3 cm³/mol. The summed E-state index contributed by atoms with van der Waals surface area (Å²) in [5.41, 5.74) is 4.44. The molecule has 0 amide bonds. The second-order valence-electron chi connectivity index (χ2n) is 5.37. The number of hydrogen-bond acceptors (Lipinski definition) is 3. The highest BCUT2D eigenvalue weighted by Crippen LogP contribution is 2.23. The van der Waals surface area contributed by atoms with E-state index in [4.69, 9.17) is 5.11 Å². The molecule has 0 saturated carbocycles. The number of carboxylic acids is 1. The van der Waals surface area contributed by atoms with Gasteiger partial charge in [0.15, 0.2) is 0 Å². The number of aliphatic carboxylic acids is 1. The molecule has 4 heteroatoms. The monoisotopic (exact) mass is 284 g/mol. The number of aromatic nitrogens is 2. The molecule has 0 aliphatic rings. The van der Waals surface area contributed by atoms with Gasteiger partial charge in [-0.3, -0.25) is 14.8 Å². The van der Waals surface area contributed by atoms with E-state index in [0.29, 0.717) is 0 Å². The average Bonchev–Trinajstić information content (AvgIpc) is 2.47. The molecule has 0 aliphatic carbocycles. The fourth-order valence-electron chi connectivity index (χ4n) is 2.29. The van der Waals surface area contributed by atoms with Crippen LogP contribution in [0.2, 0.25) is 0 Å². The molecular formula is C17H20N2O2. The Hall–Kier alpha value is -2.23. The van der Waals surface area contributed by atoms with E-state index in [9.17, 15) is 4.79 Å². The first-order chi connectivity index (χ1) is 10.0. The summed E-state index contributed by atoms with van der Waals surface area (Å²) in [6.45, 7) is 6.14. The third kappa shape index (κ3) is 3.66. The predicted octanol–water partition coefficient (Wildman–Crippen LogP) is 3.46. The number of hydrogen-bond donors (Lipinski definition) is 1. The van der Waals surface area contributed by atoms with Crippen LogP contribution in [0.15, 0.2) is 30.5 Å². The van der Waals surface area contributed by atoms with Gasteiger partial charge in [-0.05, 0) is 41.7 Å². The topological polar surface area (TPSA) is 63.1 Å². The van der Waals surface area contributed by atoms with Crippen molar-refractivity contribution in [2.45, 2.75) is 39.5 Å². The fraction of sp³-hybridized carbons (Fsp3) is 0.353. The summed E-state index contributed by atoms with van der Waals surface area (Å²) in [6.07, 6.45) is 2.74. The molecule has 1 N–H and O–H groups in total. The lowest BCUT2D eigenvalue weighted by Gasteiger charge is -2.12. The van der Waals surface area contributed by atoms with E-state index in [1.165, 1.54) is 5.56 Å².